The number of aromatic nitrogens is 1. The van der Waals surface area contributed by atoms with Gasteiger partial charge in [0.2, 0.25) is 0 Å². The van der Waals surface area contributed by atoms with Crippen LogP contribution in [0.1, 0.15) is 11.1 Å². The van der Waals surface area contributed by atoms with E-state index in [4.69, 9.17) is 4.74 Å². The minimum Gasteiger partial charge on any atom is -0.457 e. The van der Waals surface area contributed by atoms with Gasteiger partial charge in [-0.3, -0.25) is 0 Å². The van der Waals surface area contributed by atoms with Crippen LogP contribution in [-0.2, 0) is 13.1 Å². The van der Waals surface area contributed by atoms with Gasteiger partial charge in [0, 0.05) is 38.9 Å². The topological polar surface area (TPSA) is 37.4 Å². The molecule has 1 N–H and O–H groups in total. The fourth-order valence-corrected chi connectivity index (χ4v) is 2.66. The molecule has 1 aromatic heterocycles. The van der Waals surface area contributed by atoms with Crippen molar-refractivity contribution in [3.8, 4) is 11.5 Å². The average molecular weight is 333 g/mol. The zero-order chi connectivity index (χ0) is 17.5. The highest BCUT2D eigenvalue weighted by atomic mass is 16.5. The molecule has 0 saturated carbocycles. The Hall–Kier alpha value is -2.85. The third-order valence-corrected chi connectivity index (χ3v) is 3.81. The number of hydrogen-bond donors (Lipinski definition) is 1. The highest BCUT2D eigenvalue weighted by molar-refractivity contribution is 5.45. The van der Waals surface area contributed by atoms with E-state index in [9.17, 15) is 0 Å². The molecule has 3 aromatic rings. The van der Waals surface area contributed by atoms with Crippen molar-refractivity contribution in [1.29, 1.82) is 0 Å². The molecule has 0 aliphatic rings. The number of hydrogen-bond acceptors (Lipinski definition) is 4. The molecule has 0 bridgehead atoms. The van der Waals surface area contributed by atoms with Crippen LogP contribution in [0.2, 0.25) is 0 Å². The number of benzene rings is 2. The number of ether oxygens (including phenoxy) is 1. The largest absolute Gasteiger partial charge is 0.457 e. The summed E-state index contributed by atoms with van der Waals surface area (Å²) in [6.45, 7) is 1.54. The monoisotopic (exact) mass is 333 g/mol. The third kappa shape index (κ3) is 4.81. The molecule has 0 radical (unpaired) electrons. The molecule has 25 heavy (non-hydrogen) atoms. The van der Waals surface area contributed by atoms with E-state index in [0.717, 1.165) is 30.4 Å². The van der Waals surface area contributed by atoms with Gasteiger partial charge < -0.3 is 15.0 Å². The van der Waals surface area contributed by atoms with E-state index in [0.29, 0.717) is 0 Å². The molecule has 0 amide bonds. The Balaban J connectivity index is 1.60. The molecule has 3 rings (SSSR count). The lowest BCUT2D eigenvalue weighted by atomic mass is 10.2. The van der Waals surface area contributed by atoms with Crippen molar-refractivity contribution in [3.63, 3.8) is 0 Å². The maximum absolute atomic E-state index is 5.89. The molecule has 128 valence electrons. The SMILES string of the molecule is CN(C)c1ncccc1CNCc1cccc(Oc2ccccc2)c1. The van der Waals surface area contributed by atoms with Gasteiger partial charge in [0.15, 0.2) is 0 Å². The first-order valence-corrected chi connectivity index (χ1v) is 8.36. The number of nitrogens with zero attached hydrogens (tertiary/aromatic N) is 2. The van der Waals surface area contributed by atoms with Gasteiger partial charge in [-0.15, -0.1) is 0 Å². The Labute approximate surface area is 149 Å². The summed E-state index contributed by atoms with van der Waals surface area (Å²) < 4.78 is 5.89. The standard InChI is InChI=1S/C21H23N3O/c1-24(2)21-18(9-7-13-23-21)16-22-15-17-8-6-12-20(14-17)25-19-10-4-3-5-11-19/h3-14,22H,15-16H2,1-2H3. The molecule has 0 saturated heterocycles. The summed E-state index contributed by atoms with van der Waals surface area (Å²) in [5.41, 5.74) is 2.37. The molecule has 4 heteroatoms. The molecular weight excluding hydrogens is 310 g/mol. The molecule has 0 spiro atoms. The normalized spacial score (nSPS) is 10.5. The highest BCUT2D eigenvalue weighted by Crippen LogP contribution is 2.22. The Bertz CT molecular complexity index is 803. The summed E-state index contributed by atoms with van der Waals surface area (Å²) in [6.07, 6.45) is 1.82. The quantitative estimate of drug-likeness (QED) is 0.702. The number of pyridine rings is 1. The second kappa shape index (κ2) is 8.31. The van der Waals surface area contributed by atoms with E-state index in [1.165, 1.54) is 11.1 Å². The number of rotatable bonds is 7. The molecule has 0 fully saturated rings. The van der Waals surface area contributed by atoms with Crippen LogP contribution in [0, 0.1) is 0 Å². The summed E-state index contributed by atoms with van der Waals surface area (Å²) in [6, 6.07) is 22.1. The van der Waals surface area contributed by atoms with Crippen LogP contribution in [0.15, 0.2) is 72.9 Å². The fraction of sp³-hybridized carbons (Fsp3) is 0.190. The van der Waals surface area contributed by atoms with Crippen molar-refractivity contribution >= 4 is 5.82 Å². The lowest BCUT2D eigenvalue weighted by Gasteiger charge is -2.16. The van der Waals surface area contributed by atoms with E-state index >= 15 is 0 Å². The number of nitrogens with one attached hydrogen (secondary N) is 1. The predicted octanol–water partition coefficient (Wildman–Crippen LogP) is 4.23. The van der Waals surface area contributed by atoms with Gasteiger partial charge in [0.1, 0.15) is 17.3 Å². The van der Waals surface area contributed by atoms with Gasteiger partial charge >= 0.3 is 0 Å². The molecule has 2 aromatic carbocycles. The van der Waals surface area contributed by atoms with Crippen molar-refractivity contribution < 1.29 is 4.74 Å². The van der Waals surface area contributed by atoms with Crippen molar-refractivity contribution in [2.75, 3.05) is 19.0 Å². The minimum absolute atomic E-state index is 0.769. The Morgan fingerprint density at radius 3 is 2.48 bits per heavy atom. The molecule has 0 aliphatic heterocycles. The highest BCUT2D eigenvalue weighted by Gasteiger charge is 2.05. The lowest BCUT2D eigenvalue weighted by Crippen LogP contribution is -2.18. The summed E-state index contributed by atoms with van der Waals surface area (Å²) in [5, 5.41) is 3.48. The van der Waals surface area contributed by atoms with Crippen LogP contribution in [0.25, 0.3) is 0 Å². The average Bonchev–Trinajstić information content (AvgIpc) is 2.63. The Morgan fingerprint density at radius 2 is 1.68 bits per heavy atom. The van der Waals surface area contributed by atoms with Crippen molar-refractivity contribution in [1.82, 2.24) is 10.3 Å². The Morgan fingerprint density at radius 1 is 0.880 bits per heavy atom. The van der Waals surface area contributed by atoms with E-state index in [1.807, 2.05) is 73.7 Å². The van der Waals surface area contributed by atoms with Crippen LogP contribution >= 0.6 is 0 Å². The summed E-state index contributed by atoms with van der Waals surface area (Å²) in [5.74, 6) is 2.69. The molecule has 0 aliphatic carbocycles. The second-order valence-corrected chi connectivity index (χ2v) is 6.05. The van der Waals surface area contributed by atoms with Crippen LogP contribution in [0.5, 0.6) is 11.5 Å². The Kier molecular flexibility index (Phi) is 5.65. The zero-order valence-corrected chi connectivity index (χ0v) is 14.6. The first-order valence-electron chi connectivity index (χ1n) is 8.36. The smallest absolute Gasteiger partial charge is 0.132 e. The van der Waals surface area contributed by atoms with E-state index in [-0.39, 0.29) is 0 Å². The van der Waals surface area contributed by atoms with Gasteiger partial charge in [-0.1, -0.05) is 36.4 Å². The molecular formula is C21H23N3O. The molecule has 1 heterocycles. The predicted molar refractivity (Wildman–Crippen MR) is 102 cm³/mol. The van der Waals surface area contributed by atoms with Crippen molar-refractivity contribution in [2.45, 2.75) is 13.1 Å². The molecule has 0 atom stereocenters. The second-order valence-electron chi connectivity index (χ2n) is 6.05. The maximum Gasteiger partial charge on any atom is 0.132 e. The van der Waals surface area contributed by atoms with Gasteiger partial charge in [0.05, 0.1) is 0 Å². The minimum atomic E-state index is 0.769. The van der Waals surface area contributed by atoms with Crippen LogP contribution in [0.4, 0.5) is 5.82 Å². The first-order chi connectivity index (χ1) is 12.2. The van der Waals surface area contributed by atoms with Gasteiger partial charge in [-0.2, -0.15) is 0 Å². The summed E-state index contributed by atoms with van der Waals surface area (Å²) in [7, 11) is 4.02. The first kappa shape index (κ1) is 17.0. The summed E-state index contributed by atoms with van der Waals surface area (Å²) in [4.78, 5) is 6.46. The summed E-state index contributed by atoms with van der Waals surface area (Å²) >= 11 is 0. The van der Waals surface area contributed by atoms with Crippen LogP contribution in [0.3, 0.4) is 0 Å². The number of para-hydroxylation sites is 1. The van der Waals surface area contributed by atoms with Crippen LogP contribution < -0.4 is 15.0 Å². The van der Waals surface area contributed by atoms with E-state index < -0.39 is 0 Å². The van der Waals surface area contributed by atoms with Crippen molar-refractivity contribution in [2.24, 2.45) is 0 Å². The third-order valence-electron chi connectivity index (χ3n) is 3.81. The van der Waals surface area contributed by atoms with Gasteiger partial charge in [-0.25, -0.2) is 4.98 Å². The maximum atomic E-state index is 5.89. The van der Waals surface area contributed by atoms with Gasteiger partial charge in [0.25, 0.3) is 0 Å². The molecule has 4 nitrogen and oxygen atoms in total. The van der Waals surface area contributed by atoms with Gasteiger partial charge in [-0.05, 0) is 35.9 Å². The number of anilines is 1. The fourth-order valence-electron chi connectivity index (χ4n) is 2.66. The van der Waals surface area contributed by atoms with E-state index in [2.05, 4.69) is 28.5 Å². The van der Waals surface area contributed by atoms with E-state index in [1.54, 1.807) is 0 Å². The zero-order valence-electron chi connectivity index (χ0n) is 14.6. The van der Waals surface area contributed by atoms with Crippen LogP contribution in [-0.4, -0.2) is 19.1 Å². The molecule has 0 unspecified atom stereocenters. The lowest BCUT2D eigenvalue weighted by molar-refractivity contribution is 0.481. The van der Waals surface area contributed by atoms with Crippen molar-refractivity contribution in [3.05, 3.63) is 84.1 Å².